The van der Waals surface area contributed by atoms with Crippen LogP contribution >= 0.6 is 0 Å². The Labute approximate surface area is 157 Å². The number of carbonyl (C=O) groups excluding carboxylic acids is 1. The molecule has 0 bridgehead atoms. The highest BCUT2D eigenvalue weighted by atomic mass is 16.5. The number of aryl methyl sites for hydroxylation is 1. The van der Waals surface area contributed by atoms with Crippen molar-refractivity contribution in [1.29, 1.82) is 0 Å². The van der Waals surface area contributed by atoms with Gasteiger partial charge in [0.25, 0.3) is 0 Å². The fraction of sp³-hybridized carbons (Fsp3) is 0.286. The van der Waals surface area contributed by atoms with Crippen LogP contribution in [0.5, 0.6) is 0 Å². The Morgan fingerprint density at radius 3 is 2.81 bits per heavy atom. The Morgan fingerprint density at radius 1 is 1.19 bits per heavy atom. The van der Waals surface area contributed by atoms with Crippen LogP contribution in [0.15, 0.2) is 59.5 Å². The molecule has 2 aromatic carbocycles. The number of carbonyl (C=O) groups is 1. The summed E-state index contributed by atoms with van der Waals surface area (Å²) in [5.41, 5.74) is 2.36. The van der Waals surface area contributed by atoms with Gasteiger partial charge in [0.2, 0.25) is 11.3 Å². The van der Waals surface area contributed by atoms with Crippen molar-refractivity contribution < 1.29 is 9.53 Å². The van der Waals surface area contributed by atoms with Crippen LogP contribution in [-0.4, -0.2) is 21.8 Å². The predicted octanol–water partition coefficient (Wildman–Crippen LogP) is 3.35. The Bertz CT molecular complexity index is 995. The van der Waals surface area contributed by atoms with Crippen molar-refractivity contribution in [3.63, 3.8) is 0 Å². The smallest absolute Gasteiger partial charge is 0.226 e. The molecule has 1 heterocycles. The third-order valence-electron chi connectivity index (χ3n) is 4.11. The molecular weight excluding hydrogens is 342 g/mol. The molecule has 0 spiro atoms. The van der Waals surface area contributed by atoms with Crippen LogP contribution in [0.25, 0.3) is 10.9 Å². The van der Waals surface area contributed by atoms with Crippen molar-refractivity contribution >= 4 is 22.5 Å². The average Bonchev–Trinajstić information content (AvgIpc) is 2.66. The largest absolute Gasteiger partial charge is 0.374 e. The fourth-order valence-corrected chi connectivity index (χ4v) is 2.77. The SMILES string of the molecule is CC(C)OCc1cccc(NC(=O)CCn2ncc(=O)c3ccccc32)c1. The van der Waals surface area contributed by atoms with Crippen LogP contribution in [0.4, 0.5) is 5.69 Å². The lowest BCUT2D eigenvalue weighted by Crippen LogP contribution is -2.18. The van der Waals surface area contributed by atoms with Gasteiger partial charge >= 0.3 is 0 Å². The molecule has 0 saturated heterocycles. The second-order valence-corrected chi connectivity index (χ2v) is 6.61. The minimum Gasteiger partial charge on any atom is -0.374 e. The van der Waals surface area contributed by atoms with Crippen LogP contribution in [0.3, 0.4) is 0 Å². The van der Waals surface area contributed by atoms with Crippen LogP contribution in [0.1, 0.15) is 25.8 Å². The molecule has 6 nitrogen and oxygen atoms in total. The summed E-state index contributed by atoms with van der Waals surface area (Å²) >= 11 is 0. The first-order chi connectivity index (χ1) is 13.0. The van der Waals surface area contributed by atoms with Crippen LogP contribution in [-0.2, 0) is 22.7 Å². The summed E-state index contributed by atoms with van der Waals surface area (Å²) < 4.78 is 7.28. The maximum absolute atomic E-state index is 12.3. The van der Waals surface area contributed by atoms with Gasteiger partial charge in [0.15, 0.2) is 0 Å². The molecule has 6 heteroatoms. The number of ether oxygens (including phenoxy) is 1. The van der Waals surface area contributed by atoms with E-state index in [0.717, 1.165) is 16.8 Å². The number of hydrogen-bond donors (Lipinski definition) is 1. The van der Waals surface area contributed by atoms with E-state index in [1.165, 1.54) is 6.20 Å². The zero-order valence-electron chi connectivity index (χ0n) is 15.5. The van der Waals surface area contributed by atoms with Crippen molar-refractivity contribution in [3.05, 3.63) is 70.5 Å². The van der Waals surface area contributed by atoms with Gasteiger partial charge < -0.3 is 10.1 Å². The third kappa shape index (κ3) is 5.01. The number of nitrogens with one attached hydrogen (secondary N) is 1. The van der Waals surface area contributed by atoms with Crippen LogP contribution in [0.2, 0.25) is 0 Å². The van der Waals surface area contributed by atoms with Gasteiger partial charge in [0.05, 0.1) is 31.0 Å². The van der Waals surface area contributed by atoms with Gasteiger partial charge in [-0.15, -0.1) is 0 Å². The minimum atomic E-state index is -0.119. The average molecular weight is 365 g/mol. The lowest BCUT2D eigenvalue weighted by molar-refractivity contribution is -0.116. The highest BCUT2D eigenvalue weighted by Crippen LogP contribution is 2.13. The van der Waals surface area contributed by atoms with E-state index in [1.54, 1.807) is 10.7 Å². The maximum Gasteiger partial charge on any atom is 0.226 e. The van der Waals surface area contributed by atoms with Gasteiger partial charge in [-0.3, -0.25) is 14.3 Å². The first kappa shape index (κ1) is 18.8. The molecule has 0 aliphatic carbocycles. The van der Waals surface area contributed by atoms with Crippen molar-refractivity contribution in [1.82, 2.24) is 9.78 Å². The number of hydrogen-bond acceptors (Lipinski definition) is 4. The summed E-state index contributed by atoms with van der Waals surface area (Å²) in [6.07, 6.45) is 1.70. The number of para-hydroxylation sites is 1. The molecule has 0 aliphatic heterocycles. The lowest BCUT2D eigenvalue weighted by Gasteiger charge is -2.11. The lowest BCUT2D eigenvalue weighted by atomic mass is 10.2. The van der Waals surface area contributed by atoms with Crippen LogP contribution < -0.4 is 10.7 Å². The molecule has 1 N–H and O–H groups in total. The maximum atomic E-state index is 12.3. The summed E-state index contributed by atoms with van der Waals surface area (Å²) in [5, 5.41) is 7.65. The number of nitrogens with zero attached hydrogens (tertiary/aromatic N) is 2. The summed E-state index contributed by atoms with van der Waals surface area (Å²) in [4.78, 5) is 24.2. The third-order valence-corrected chi connectivity index (χ3v) is 4.11. The van der Waals surface area contributed by atoms with Gasteiger partial charge in [0.1, 0.15) is 0 Å². The van der Waals surface area contributed by atoms with Gasteiger partial charge in [-0.05, 0) is 43.7 Å². The van der Waals surface area contributed by atoms with Crippen molar-refractivity contribution in [3.8, 4) is 0 Å². The van der Waals surface area contributed by atoms with Gasteiger partial charge in [-0.25, -0.2) is 0 Å². The van der Waals surface area contributed by atoms with E-state index in [1.807, 2.05) is 56.3 Å². The quantitative estimate of drug-likeness (QED) is 0.697. The molecule has 0 fully saturated rings. The standard InChI is InChI=1S/C21H23N3O3/c1-15(2)27-14-16-6-5-7-17(12-16)23-21(26)10-11-24-19-9-4-3-8-18(19)20(25)13-22-24/h3-9,12-13,15H,10-11,14H2,1-2H3,(H,23,26). The number of benzene rings is 2. The molecular formula is C21H23N3O3. The fourth-order valence-electron chi connectivity index (χ4n) is 2.77. The van der Waals surface area contributed by atoms with Gasteiger partial charge in [-0.1, -0.05) is 24.3 Å². The number of rotatable bonds is 7. The van der Waals surface area contributed by atoms with E-state index in [4.69, 9.17) is 4.74 Å². The van der Waals surface area contributed by atoms with Crippen molar-refractivity contribution in [2.45, 2.75) is 39.5 Å². The van der Waals surface area contributed by atoms with Gasteiger partial charge in [0, 0.05) is 17.5 Å². The van der Waals surface area contributed by atoms with Gasteiger partial charge in [-0.2, -0.15) is 5.10 Å². The van der Waals surface area contributed by atoms with Crippen molar-refractivity contribution in [2.75, 3.05) is 5.32 Å². The zero-order chi connectivity index (χ0) is 19.2. The summed E-state index contributed by atoms with van der Waals surface area (Å²) in [6.45, 7) is 4.87. The Kier molecular flexibility index (Phi) is 5.98. The molecule has 1 amide bonds. The van der Waals surface area contributed by atoms with Crippen LogP contribution in [0, 0.1) is 0 Å². The van der Waals surface area contributed by atoms with E-state index in [9.17, 15) is 9.59 Å². The molecule has 0 atom stereocenters. The van der Waals surface area contributed by atoms with E-state index in [0.29, 0.717) is 18.5 Å². The highest BCUT2D eigenvalue weighted by molar-refractivity contribution is 5.90. The first-order valence-electron chi connectivity index (χ1n) is 8.98. The second kappa shape index (κ2) is 8.60. The molecule has 1 aromatic heterocycles. The molecule has 0 aliphatic rings. The Morgan fingerprint density at radius 2 is 2.00 bits per heavy atom. The Balaban J connectivity index is 1.63. The van der Waals surface area contributed by atoms with E-state index in [2.05, 4.69) is 10.4 Å². The topological polar surface area (TPSA) is 73.2 Å². The predicted molar refractivity (Wildman–Crippen MR) is 106 cm³/mol. The molecule has 0 unspecified atom stereocenters. The van der Waals surface area contributed by atoms with E-state index in [-0.39, 0.29) is 23.9 Å². The number of fused-ring (bicyclic) bond motifs is 1. The molecule has 27 heavy (non-hydrogen) atoms. The van der Waals surface area contributed by atoms with Crippen molar-refractivity contribution in [2.24, 2.45) is 0 Å². The molecule has 140 valence electrons. The zero-order valence-corrected chi connectivity index (χ0v) is 15.5. The van der Waals surface area contributed by atoms with E-state index < -0.39 is 0 Å². The van der Waals surface area contributed by atoms with E-state index >= 15 is 0 Å². The molecule has 3 rings (SSSR count). The highest BCUT2D eigenvalue weighted by Gasteiger charge is 2.07. The summed E-state index contributed by atoms with van der Waals surface area (Å²) in [5.74, 6) is -0.110. The normalized spacial score (nSPS) is 11.1. The molecule has 0 radical (unpaired) electrons. The monoisotopic (exact) mass is 365 g/mol. The number of aromatic nitrogens is 2. The first-order valence-corrected chi connectivity index (χ1v) is 8.98. The Hall–Kier alpha value is -2.99. The minimum absolute atomic E-state index is 0.110. The second-order valence-electron chi connectivity index (χ2n) is 6.61. The number of anilines is 1. The summed E-state index contributed by atoms with van der Waals surface area (Å²) in [6, 6.07) is 14.9. The number of amides is 1. The molecule has 3 aromatic rings. The molecule has 0 saturated carbocycles. The summed E-state index contributed by atoms with van der Waals surface area (Å²) in [7, 11) is 0.